The van der Waals surface area contributed by atoms with E-state index in [1.165, 1.54) is 16.7 Å². The van der Waals surface area contributed by atoms with Crippen molar-refractivity contribution in [2.75, 3.05) is 13.2 Å². The van der Waals surface area contributed by atoms with Gasteiger partial charge in [0, 0.05) is 18.9 Å². The van der Waals surface area contributed by atoms with Gasteiger partial charge in [-0.1, -0.05) is 78.9 Å². The summed E-state index contributed by atoms with van der Waals surface area (Å²) in [6.45, 7) is -0.427. The first-order valence-electron chi connectivity index (χ1n) is 13.6. The lowest BCUT2D eigenvalue weighted by molar-refractivity contribution is -0.0514. The lowest BCUT2D eigenvalue weighted by Gasteiger charge is -2.35. The van der Waals surface area contributed by atoms with Gasteiger partial charge in [-0.15, -0.1) is 0 Å². The molecule has 202 valence electrons. The van der Waals surface area contributed by atoms with Crippen molar-refractivity contribution < 1.29 is 23.4 Å². The number of ether oxygens (including phenoxy) is 2. The fraction of sp³-hybridized carbons (Fsp3) is 0.294. The van der Waals surface area contributed by atoms with Crippen molar-refractivity contribution in [3.63, 3.8) is 0 Å². The summed E-state index contributed by atoms with van der Waals surface area (Å²) < 4.78 is 39.6. The Morgan fingerprint density at radius 3 is 2.18 bits per heavy atom. The first kappa shape index (κ1) is 26.9. The van der Waals surface area contributed by atoms with Crippen LogP contribution in [0.2, 0.25) is 0 Å². The highest BCUT2D eigenvalue weighted by Gasteiger charge is 2.33. The van der Waals surface area contributed by atoms with Crippen molar-refractivity contribution in [2.24, 2.45) is 0 Å². The summed E-state index contributed by atoms with van der Waals surface area (Å²) in [5.74, 6) is -1.27. The summed E-state index contributed by atoms with van der Waals surface area (Å²) in [7, 11) is 0. The maximum absolute atomic E-state index is 14.0. The Labute approximate surface area is 229 Å². The van der Waals surface area contributed by atoms with Gasteiger partial charge in [-0.05, 0) is 77.3 Å². The van der Waals surface area contributed by atoms with Crippen LogP contribution in [0.3, 0.4) is 0 Å². The molecule has 3 nitrogen and oxygen atoms in total. The van der Waals surface area contributed by atoms with Crippen molar-refractivity contribution in [1.29, 1.82) is 0 Å². The molecule has 0 fully saturated rings. The predicted molar refractivity (Wildman–Crippen MR) is 150 cm³/mol. The standard InChI is InChI=1S/C34H34F2O3/c35-34(36,20-7-21-37)24-39-29-15-12-27(13-16-29)33-31(26-10-5-2-6-11-26)18-14-28-22-30(17-19-32(28)33)38-23-25-8-3-1-4-9-25/h1-6,8-13,15-17,19,22,31,33,37H,7,14,18,20-21,23-24H2/t31?,33-/m0/s1. The molecule has 0 radical (unpaired) electrons. The molecule has 2 atom stereocenters. The molecular weight excluding hydrogens is 494 g/mol. The summed E-state index contributed by atoms with van der Waals surface area (Å²) >= 11 is 0. The summed E-state index contributed by atoms with van der Waals surface area (Å²) in [5.41, 5.74) is 6.10. The molecule has 5 heteroatoms. The number of hydrogen-bond acceptors (Lipinski definition) is 3. The molecule has 4 aromatic carbocycles. The zero-order valence-electron chi connectivity index (χ0n) is 21.9. The van der Waals surface area contributed by atoms with Gasteiger partial charge in [0.2, 0.25) is 0 Å². The molecule has 39 heavy (non-hydrogen) atoms. The summed E-state index contributed by atoms with van der Waals surface area (Å²) in [6, 6.07) is 34.7. The van der Waals surface area contributed by atoms with Crippen LogP contribution in [0.5, 0.6) is 11.5 Å². The normalized spacial score (nSPS) is 16.9. The highest BCUT2D eigenvalue weighted by atomic mass is 19.3. The summed E-state index contributed by atoms with van der Waals surface area (Å²) in [6.07, 6.45) is 1.61. The second-order valence-electron chi connectivity index (χ2n) is 10.2. The molecule has 5 rings (SSSR count). The molecular formula is C34H34F2O3. The Balaban J connectivity index is 1.38. The predicted octanol–water partition coefficient (Wildman–Crippen LogP) is 7.91. The zero-order chi connectivity index (χ0) is 27.1. The van der Waals surface area contributed by atoms with Gasteiger partial charge >= 0.3 is 0 Å². The van der Waals surface area contributed by atoms with Crippen LogP contribution in [-0.2, 0) is 13.0 Å². The number of aryl methyl sites for hydroxylation is 1. The van der Waals surface area contributed by atoms with E-state index in [9.17, 15) is 8.78 Å². The van der Waals surface area contributed by atoms with E-state index in [4.69, 9.17) is 14.6 Å². The van der Waals surface area contributed by atoms with Crippen LogP contribution in [0, 0.1) is 0 Å². The number of alkyl halides is 2. The zero-order valence-corrected chi connectivity index (χ0v) is 21.9. The minimum absolute atomic E-state index is 0.0519. The smallest absolute Gasteiger partial charge is 0.281 e. The van der Waals surface area contributed by atoms with Gasteiger partial charge in [-0.2, -0.15) is 0 Å². The first-order chi connectivity index (χ1) is 19.0. The number of benzene rings is 4. The van der Waals surface area contributed by atoms with E-state index in [1.54, 1.807) is 12.1 Å². The topological polar surface area (TPSA) is 38.7 Å². The minimum atomic E-state index is -2.97. The Morgan fingerprint density at radius 2 is 1.46 bits per heavy atom. The van der Waals surface area contributed by atoms with Gasteiger partial charge in [-0.3, -0.25) is 0 Å². The van der Waals surface area contributed by atoms with Crippen molar-refractivity contribution >= 4 is 0 Å². The molecule has 1 unspecified atom stereocenters. The molecule has 0 aromatic heterocycles. The van der Waals surface area contributed by atoms with E-state index in [1.807, 2.05) is 42.5 Å². The second-order valence-corrected chi connectivity index (χ2v) is 10.2. The molecule has 4 aromatic rings. The third-order valence-electron chi connectivity index (χ3n) is 7.44. The van der Waals surface area contributed by atoms with Crippen molar-refractivity contribution in [1.82, 2.24) is 0 Å². The minimum Gasteiger partial charge on any atom is -0.489 e. The van der Waals surface area contributed by atoms with E-state index < -0.39 is 19.0 Å². The molecule has 1 aliphatic carbocycles. The number of aliphatic hydroxyl groups is 1. The maximum atomic E-state index is 14.0. The lowest BCUT2D eigenvalue weighted by atomic mass is 9.69. The molecule has 0 saturated heterocycles. The Morgan fingerprint density at radius 1 is 0.769 bits per heavy atom. The van der Waals surface area contributed by atoms with Crippen LogP contribution in [0.4, 0.5) is 8.78 Å². The number of aliphatic hydroxyl groups excluding tert-OH is 1. The van der Waals surface area contributed by atoms with Gasteiger partial charge in [-0.25, -0.2) is 8.78 Å². The lowest BCUT2D eigenvalue weighted by Crippen LogP contribution is -2.26. The Hall–Kier alpha value is -3.70. The van der Waals surface area contributed by atoms with Crippen LogP contribution in [0.1, 0.15) is 58.9 Å². The van der Waals surface area contributed by atoms with Crippen molar-refractivity contribution in [3.8, 4) is 11.5 Å². The number of rotatable bonds is 11. The van der Waals surface area contributed by atoms with Crippen molar-refractivity contribution in [3.05, 3.63) is 131 Å². The number of halogens is 2. The molecule has 1 aliphatic rings. The van der Waals surface area contributed by atoms with Crippen LogP contribution in [0.15, 0.2) is 103 Å². The fourth-order valence-corrected chi connectivity index (χ4v) is 5.47. The monoisotopic (exact) mass is 528 g/mol. The quantitative estimate of drug-likeness (QED) is 0.215. The van der Waals surface area contributed by atoms with Crippen LogP contribution in [0.25, 0.3) is 0 Å². The van der Waals surface area contributed by atoms with Crippen molar-refractivity contribution in [2.45, 2.75) is 50.0 Å². The number of hydrogen-bond donors (Lipinski definition) is 1. The van der Waals surface area contributed by atoms with Gasteiger partial charge < -0.3 is 14.6 Å². The summed E-state index contributed by atoms with van der Waals surface area (Å²) in [5, 5.41) is 8.85. The Kier molecular flexibility index (Phi) is 8.58. The molecule has 0 heterocycles. The van der Waals surface area contributed by atoms with E-state index in [0.717, 1.165) is 29.7 Å². The average molecular weight is 529 g/mol. The number of fused-ring (bicyclic) bond motifs is 1. The third kappa shape index (κ3) is 6.85. The first-order valence-corrected chi connectivity index (χ1v) is 13.6. The van der Waals surface area contributed by atoms with Gasteiger partial charge in [0.05, 0.1) is 0 Å². The van der Waals surface area contributed by atoms with E-state index >= 15 is 0 Å². The average Bonchev–Trinajstić information content (AvgIpc) is 2.98. The fourth-order valence-electron chi connectivity index (χ4n) is 5.47. The summed E-state index contributed by atoms with van der Waals surface area (Å²) in [4.78, 5) is 0. The Bertz CT molecular complexity index is 1320. The largest absolute Gasteiger partial charge is 0.489 e. The molecule has 0 aliphatic heterocycles. The SMILES string of the molecule is OCCCC(F)(F)COc1ccc([C@@H]2c3ccc(OCc4ccccc4)cc3CCC2c2ccccc2)cc1. The maximum Gasteiger partial charge on any atom is 0.281 e. The molecule has 1 N–H and O–H groups in total. The molecule has 0 spiro atoms. The molecule has 0 saturated carbocycles. The van der Waals surface area contributed by atoms with Gasteiger partial charge in [0.15, 0.2) is 6.61 Å². The van der Waals surface area contributed by atoms with E-state index in [2.05, 4.69) is 48.5 Å². The van der Waals surface area contributed by atoms with Gasteiger partial charge in [0.25, 0.3) is 5.92 Å². The van der Waals surface area contributed by atoms with Crippen LogP contribution >= 0.6 is 0 Å². The molecule has 0 bridgehead atoms. The molecule has 0 amide bonds. The van der Waals surface area contributed by atoms with Crippen LogP contribution in [-0.4, -0.2) is 24.2 Å². The van der Waals surface area contributed by atoms with E-state index in [0.29, 0.717) is 18.3 Å². The second kappa shape index (κ2) is 12.4. The van der Waals surface area contributed by atoms with Crippen LogP contribution < -0.4 is 9.47 Å². The van der Waals surface area contributed by atoms with Gasteiger partial charge in [0.1, 0.15) is 18.1 Å². The highest BCUT2D eigenvalue weighted by molar-refractivity contribution is 5.48. The van der Waals surface area contributed by atoms with E-state index in [-0.39, 0.29) is 18.9 Å². The third-order valence-corrected chi connectivity index (χ3v) is 7.44. The highest BCUT2D eigenvalue weighted by Crippen LogP contribution is 2.47.